The fraction of sp³-hybridized carbons (Fsp3) is 0.893. The molecule has 0 radical (unpaired) electrons. The minimum Gasteiger partial charge on any atom is -0.429 e. The van der Waals surface area contributed by atoms with Crippen LogP contribution >= 0.6 is 0 Å². The van der Waals surface area contributed by atoms with Gasteiger partial charge in [-0.05, 0) is 91.3 Å². The van der Waals surface area contributed by atoms with Gasteiger partial charge in [-0.2, -0.15) is 5.90 Å². The Morgan fingerprint density at radius 3 is 2.59 bits per heavy atom. The summed E-state index contributed by atoms with van der Waals surface area (Å²) in [6.07, 6.45) is 15.6. The topological polar surface area (TPSA) is 61.5 Å². The average Bonchev–Trinajstić information content (AvgIpc) is 3.11. The molecule has 8 atom stereocenters. The summed E-state index contributed by atoms with van der Waals surface area (Å²) >= 11 is 0. The Balaban J connectivity index is 1.45. The van der Waals surface area contributed by atoms with Gasteiger partial charge in [0.05, 0.1) is 0 Å². The number of hydrogen-bond acceptors (Lipinski definition) is 4. The first-order valence-electron chi connectivity index (χ1n) is 13.5. The van der Waals surface area contributed by atoms with Crippen molar-refractivity contribution in [3.05, 3.63) is 11.6 Å². The van der Waals surface area contributed by atoms with Crippen LogP contribution in [-0.4, -0.2) is 12.3 Å². The van der Waals surface area contributed by atoms with E-state index in [2.05, 4.69) is 45.5 Å². The first-order chi connectivity index (χ1) is 15.2. The van der Waals surface area contributed by atoms with Gasteiger partial charge in [0.15, 0.2) is 0 Å². The molecule has 4 rings (SSSR count). The van der Waals surface area contributed by atoms with Gasteiger partial charge in [-0.25, -0.2) is 4.79 Å². The number of allylic oxidation sites excluding steroid dienone is 1. The van der Waals surface area contributed by atoms with Crippen molar-refractivity contribution in [2.24, 2.45) is 52.2 Å². The monoisotopic (exact) mass is 445 g/mol. The van der Waals surface area contributed by atoms with Crippen molar-refractivity contribution in [1.82, 2.24) is 0 Å². The predicted octanol–water partition coefficient (Wildman–Crippen LogP) is 7.42. The Morgan fingerprint density at radius 1 is 1.09 bits per heavy atom. The van der Waals surface area contributed by atoms with E-state index in [9.17, 15) is 4.79 Å². The highest BCUT2D eigenvalue weighted by molar-refractivity contribution is 5.59. The van der Waals surface area contributed by atoms with Crippen molar-refractivity contribution in [2.75, 3.05) is 0 Å². The number of rotatable bonds is 6. The Labute approximate surface area is 196 Å². The van der Waals surface area contributed by atoms with E-state index in [0.717, 1.165) is 54.8 Å². The van der Waals surface area contributed by atoms with Crippen LogP contribution in [0.25, 0.3) is 0 Å². The van der Waals surface area contributed by atoms with Gasteiger partial charge in [-0.15, -0.1) is 0 Å². The second-order valence-corrected chi connectivity index (χ2v) is 12.6. The summed E-state index contributed by atoms with van der Waals surface area (Å²) in [4.78, 5) is 15.7. The standard InChI is InChI=1S/C28H47NO3/c1-18(2)7-6-8-19(3)23-11-12-24-22-10-9-20-17-21(31-26(30)32-29)13-15-27(20,4)25(22)14-16-28(23,24)5/h9,18-19,21-25H,6-8,10-17,29H2,1-5H3/t19?,21-,22-,23+,24-,25-,27-,28+/m0/s1. The van der Waals surface area contributed by atoms with Crippen LogP contribution in [0.15, 0.2) is 11.6 Å². The molecule has 0 aromatic heterocycles. The number of nitrogens with two attached hydrogens (primary N) is 1. The van der Waals surface area contributed by atoms with E-state index in [0.29, 0.717) is 5.41 Å². The Bertz CT molecular complexity index is 717. The van der Waals surface area contributed by atoms with Gasteiger partial charge in [-0.1, -0.05) is 65.5 Å². The first kappa shape index (κ1) is 24.1. The molecular formula is C28H47NO3. The van der Waals surface area contributed by atoms with Crippen molar-refractivity contribution in [2.45, 2.75) is 111 Å². The molecule has 0 amide bonds. The van der Waals surface area contributed by atoms with Crippen molar-refractivity contribution in [3.8, 4) is 0 Å². The maximum Gasteiger partial charge on any atom is 0.527 e. The minimum atomic E-state index is -0.749. The van der Waals surface area contributed by atoms with Crippen molar-refractivity contribution >= 4 is 6.16 Å². The summed E-state index contributed by atoms with van der Waals surface area (Å²) < 4.78 is 5.42. The molecule has 0 aliphatic heterocycles. The van der Waals surface area contributed by atoms with Gasteiger partial charge in [-0.3, -0.25) is 0 Å². The molecule has 0 heterocycles. The summed E-state index contributed by atoms with van der Waals surface area (Å²) in [5.74, 6) is 10.1. The second kappa shape index (κ2) is 9.31. The van der Waals surface area contributed by atoms with Crippen molar-refractivity contribution in [1.29, 1.82) is 0 Å². The van der Waals surface area contributed by atoms with Gasteiger partial charge in [0.2, 0.25) is 0 Å². The molecule has 182 valence electrons. The van der Waals surface area contributed by atoms with E-state index in [1.807, 2.05) is 0 Å². The molecule has 1 unspecified atom stereocenters. The third-order valence-electron chi connectivity index (χ3n) is 10.6. The highest BCUT2D eigenvalue weighted by atomic mass is 16.8. The molecule has 0 saturated heterocycles. The van der Waals surface area contributed by atoms with E-state index in [1.54, 1.807) is 0 Å². The molecule has 32 heavy (non-hydrogen) atoms. The lowest BCUT2D eigenvalue weighted by atomic mass is 9.47. The van der Waals surface area contributed by atoms with E-state index in [4.69, 9.17) is 10.6 Å². The van der Waals surface area contributed by atoms with E-state index in [1.165, 1.54) is 56.9 Å². The number of carbonyl (C=O) groups is 1. The largest absolute Gasteiger partial charge is 0.527 e. The molecule has 3 saturated carbocycles. The van der Waals surface area contributed by atoms with Gasteiger partial charge in [0, 0.05) is 6.42 Å². The summed E-state index contributed by atoms with van der Waals surface area (Å²) in [5.41, 5.74) is 2.34. The van der Waals surface area contributed by atoms with Crippen LogP contribution in [0.5, 0.6) is 0 Å². The second-order valence-electron chi connectivity index (χ2n) is 12.6. The fourth-order valence-corrected chi connectivity index (χ4v) is 8.92. The molecule has 3 fully saturated rings. The molecule has 0 bridgehead atoms. The normalized spacial score (nSPS) is 41.8. The number of carbonyl (C=O) groups excluding carboxylic acids is 1. The first-order valence-corrected chi connectivity index (χ1v) is 13.5. The SMILES string of the molecule is CC(C)CCCC(C)[C@H]1CC[C@H]2[C@@H]3CC=C4C[C@@H](OC(=O)ON)CC[C@]4(C)[C@H]3CC[C@]12C. The Hall–Kier alpha value is -1.03. The maximum atomic E-state index is 11.5. The quantitative estimate of drug-likeness (QED) is 0.262. The van der Waals surface area contributed by atoms with Crippen molar-refractivity contribution < 1.29 is 14.4 Å². The van der Waals surface area contributed by atoms with Crippen LogP contribution in [0.3, 0.4) is 0 Å². The van der Waals surface area contributed by atoms with Crippen LogP contribution < -0.4 is 5.90 Å². The van der Waals surface area contributed by atoms with Gasteiger partial charge >= 0.3 is 6.16 Å². The lowest BCUT2D eigenvalue weighted by Gasteiger charge is -2.58. The average molecular weight is 446 g/mol. The van der Waals surface area contributed by atoms with E-state index in [-0.39, 0.29) is 11.5 Å². The third kappa shape index (κ3) is 4.26. The number of ether oxygens (including phenoxy) is 1. The molecule has 0 aromatic carbocycles. The highest BCUT2D eigenvalue weighted by Gasteiger charge is 2.59. The maximum absolute atomic E-state index is 11.5. The molecule has 2 N–H and O–H groups in total. The van der Waals surface area contributed by atoms with Gasteiger partial charge in [0.1, 0.15) is 6.10 Å². The van der Waals surface area contributed by atoms with E-state index < -0.39 is 6.16 Å². The predicted molar refractivity (Wildman–Crippen MR) is 129 cm³/mol. The molecule has 4 nitrogen and oxygen atoms in total. The molecule has 4 heteroatoms. The summed E-state index contributed by atoms with van der Waals surface area (Å²) in [5, 5.41) is 0. The zero-order chi connectivity index (χ0) is 23.1. The summed E-state index contributed by atoms with van der Waals surface area (Å²) in [6, 6.07) is 0. The zero-order valence-electron chi connectivity index (χ0n) is 21.2. The fourth-order valence-electron chi connectivity index (χ4n) is 8.92. The number of hydrogen-bond donors (Lipinski definition) is 1. The van der Waals surface area contributed by atoms with Crippen LogP contribution in [0.2, 0.25) is 0 Å². The smallest absolute Gasteiger partial charge is 0.429 e. The molecule has 4 aliphatic carbocycles. The summed E-state index contributed by atoms with van der Waals surface area (Å²) in [6.45, 7) is 12.4. The molecule has 4 aliphatic rings. The lowest BCUT2D eigenvalue weighted by Crippen LogP contribution is -2.51. The molecule has 0 aromatic rings. The van der Waals surface area contributed by atoms with Crippen LogP contribution in [0, 0.1) is 46.3 Å². The van der Waals surface area contributed by atoms with Crippen LogP contribution in [0.1, 0.15) is 105 Å². The number of fused-ring (bicyclic) bond motifs is 5. The van der Waals surface area contributed by atoms with Gasteiger partial charge < -0.3 is 9.57 Å². The van der Waals surface area contributed by atoms with Crippen molar-refractivity contribution in [3.63, 3.8) is 0 Å². The van der Waals surface area contributed by atoms with Gasteiger partial charge in [0.25, 0.3) is 0 Å². The zero-order valence-corrected chi connectivity index (χ0v) is 21.2. The third-order valence-corrected chi connectivity index (χ3v) is 10.6. The van der Waals surface area contributed by atoms with Crippen LogP contribution in [-0.2, 0) is 9.57 Å². The molecule has 0 spiro atoms. The highest BCUT2D eigenvalue weighted by Crippen LogP contribution is 2.67. The van der Waals surface area contributed by atoms with Crippen LogP contribution in [0.4, 0.5) is 4.79 Å². The minimum absolute atomic E-state index is 0.0849. The Morgan fingerprint density at radius 2 is 1.88 bits per heavy atom. The summed E-state index contributed by atoms with van der Waals surface area (Å²) in [7, 11) is 0. The Kier molecular flexibility index (Phi) is 7.02. The lowest BCUT2D eigenvalue weighted by molar-refractivity contribution is -0.0617. The van der Waals surface area contributed by atoms with E-state index >= 15 is 0 Å². The molecular weight excluding hydrogens is 398 g/mol.